The van der Waals surface area contributed by atoms with Crippen molar-refractivity contribution in [1.29, 1.82) is 0 Å². The number of nitrogens with zero attached hydrogens (tertiary/aromatic N) is 1. The molecule has 0 atom stereocenters. The van der Waals surface area contributed by atoms with Gasteiger partial charge in [0.05, 0.1) is 5.52 Å². The molecule has 2 nitrogen and oxygen atoms in total. The molecular weight excluding hydrogens is 204 g/mol. The van der Waals surface area contributed by atoms with Gasteiger partial charge in [0.1, 0.15) is 0 Å². The first-order valence-electron chi connectivity index (χ1n) is 5.13. The maximum Gasteiger partial charge on any atom is 0.0505 e. The van der Waals surface area contributed by atoms with Crippen molar-refractivity contribution in [3.8, 4) is 0 Å². The van der Waals surface area contributed by atoms with Gasteiger partial charge < -0.3 is 10.3 Å². The smallest absolute Gasteiger partial charge is 0.0505 e. The van der Waals surface area contributed by atoms with Gasteiger partial charge in [-0.05, 0) is 32.0 Å². The van der Waals surface area contributed by atoms with Gasteiger partial charge in [-0.3, -0.25) is 0 Å². The van der Waals surface area contributed by atoms with Gasteiger partial charge in [-0.2, -0.15) is 12.6 Å². The molecule has 0 unspecified atom stereocenters. The van der Waals surface area contributed by atoms with Gasteiger partial charge in [-0.1, -0.05) is 6.07 Å². The predicted octanol–water partition coefficient (Wildman–Crippen LogP) is 3.23. The van der Waals surface area contributed by atoms with Crippen LogP contribution in [0, 0.1) is 0 Å². The van der Waals surface area contributed by atoms with E-state index in [1.54, 1.807) is 0 Å². The molecule has 1 aromatic carbocycles. The Bertz CT molecular complexity index is 486. The van der Waals surface area contributed by atoms with Crippen LogP contribution >= 0.6 is 12.6 Å². The summed E-state index contributed by atoms with van der Waals surface area (Å²) in [5.41, 5.74) is 9.07. The quantitative estimate of drug-likeness (QED) is 0.591. The molecule has 80 valence electrons. The van der Waals surface area contributed by atoms with Gasteiger partial charge in [-0.15, -0.1) is 0 Å². The fourth-order valence-electron chi connectivity index (χ4n) is 2.03. The van der Waals surface area contributed by atoms with Crippen molar-refractivity contribution in [2.45, 2.75) is 25.6 Å². The van der Waals surface area contributed by atoms with E-state index in [1.807, 2.05) is 12.1 Å². The van der Waals surface area contributed by atoms with Crippen molar-refractivity contribution < 1.29 is 0 Å². The summed E-state index contributed by atoms with van der Waals surface area (Å²) in [6.07, 6.45) is 0. The number of hydrogen-bond acceptors (Lipinski definition) is 2. The molecule has 0 aliphatic carbocycles. The summed E-state index contributed by atoms with van der Waals surface area (Å²) in [6.45, 7) is 4.35. The lowest BCUT2D eigenvalue weighted by Crippen LogP contribution is -2.04. The molecule has 0 saturated carbocycles. The maximum atomic E-state index is 5.81. The van der Waals surface area contributed by atoms with Gasteiger partial charge in [0.25, 0.3) is 0 Å². The fraction of sp³-hybridized carbons (Fsp3) is 0.333. The molecule has 0 amide bonds. The van der Waals surface area contributed by atoms with E-state index in [-0.39, 0.29) is 0 Å². The third-order valence-electron chi connectivity index (χ3n) is 2.62. The second-order valence-corrected chi connectivity index (χ2v) is 4.39. The number of nitrogen functional groups attached to an aromatic ring is 1. The molecule has 2 N–H and O–H groups in total. The Balaban J connectivity index is 2.76. The SMILES string of the molecule is CC(C)n1c(CS)cc2ccc(N)cc21. The van der Waals surface area contributed by atoms with Crippen LogP contribution in [0.15, 0.2) is 24.3 Å². The summed E-state index contributed by atoms with van der Waals surface area (Å²) in [7, 11) is 0. The van der Waals surface area contributed by atoms with Crippen LogP contribution in [0.2, 0.25) is 0 Å². The Kier molecular flexibility index (Phi) is 2.65. The lowest BCUT2D eigenvalue weighted by molar-refractivity contribution is 0.606. The highest BCUT2D eigenvalue weighted by Gasteiger charge is 2.10. The van der Waals surface area contributed by atoms with E-state index in [0.29, 0.717) is 6.04 Å². The van der Waals surface area contributed by atoms with Crippen LogP contribution in [0.4, 0.5) is 5.69 Å². The summed E-state index contributed by atoms with van der Waals surface area (Å²) in [4.78, 5) is 0. The van der Waals surface area contributed by atoms with Gasteiger partial charge in [0.15, 0.2) is 0 Å². The Morgan fingerprint density at radius 3 is 2.67 bits per heavy atom. The Labute approximate surface area is 95.5 Å². The van der Waals surface area contributed by atoms with E-state index in [1.165, 1.54) is 16.6 Å². The monoisotopic (exact) mass is 220 g/mol. The number of rotatable bonds is 2. The average Bonchev–Trinajstić information content (AvgIpc) is 2.55. The molecule has 0 aliphatic heterocycles. The summed E-state index contributed by atoms with van der Waals surface area (Å²) < 4.78 is 2.29. The van der Waals surface area contributed by atoms with Crippen LogP contribution in [0.1, 0.15) is 25.6 Å². The maximum absolute atomic E-state index is 5.81. The van der Waals surface area contributed by atoms with Crippen LogP contribution < -0.4 is 5.73 Å². The lowest BCUT2D eigenvalue weighted by Gasteiger charge is -2.13. The van der Waals surface area contributed by atoms with Crippen molar-refractivity contribution in [3.05, 3.63) is 30.0 Å². The number of thiol groups is 1. The number of fused-ring (bicyclic) bond motifs is 1. The Hall–Kier alpha value is -1.09. The molecule has 0 saturated heterocycles. The summed E-state index contributed by atoms with van der Waals surface area (Å²) in [5.74, 6) is 0.757. The van der Waals surface area contributed by atoms with Crippen LogP contribution in [-0.4, -0.2) is 4.57 Å². The van der Waals surface area contributed by atoms with E-state index >= 15 is 0 Å². The van der Waals surface area contributed by atoms with Crippen molar-refractivity contribution in [2.75, 3.05) is 5.73 Å². The first kappa shape index (κ1) is 10.4. The topological polar surface area (TPSA) is 30.9 Å². The van der Waals surface area contributed by atoms with Crippen LogP contribution in [0.3, 0.4) is 0 Å². The van der Waals surface area contributed by atoms with E-state index in [0.717, 1.165) is 11.4 Å². The second-order valence-electron chi connectivity index (χ2n) is 4.08. The number of benzene rings is 1. The first-order valence-corrected chi connectivity index (χ1v) is 5.77. The molecule has 0 bridgehead atoms. The molecule has 1 heterocycles. The standard InChI is InChI=1S/C12H16N2S/c1-8(2)14-11(7-15)5-9-3-4-10(13)6-12(9)14/h3-6,8,15H,7,13H2,1-2H3. The predicted molar refractivity (Wildman–Crippen MR) is 69.4 cm³/mol. The zero-order valence-corrected chi connectivity index (χ0v) is 9.96. The van der Waals surface area contributed by atoms with E-state index in [9.17, 15) is 0 Å². The van der Waals surface area contributed by atoms with Crippen molar-refractivity contribution in [1.82, 2.24) is 4.57 Å². The molecule has 2 aromatic rings. The number of nitrogens with two attached hydrogens (primary N) is 1. The van der Waals surface area contributed by atoms with E-state index in [4.69, 9.17) is 5.73 Å². The summed E-state index contributed by atoms with van der Waals surface area (Å²) >= 11 is 4.36. The zero-order valence-electron chi connectivity index (χ0n) is 9.07. The molecule has 0 aliphatic rings. The molecule has 0 fully saturated rings. The molecule has 1 aromatic heterocycles. The van der Waals surface area contributed by atoms with Gasteiger partial charge >= 0.3 is 0 Å². The van der Waals surface area contributed by atoms with Crippen LogP contribution in [0.25, 0.3) is 10.9 Å². The first-order chi connectivity index (χ1) is 7.13. The molecule has 3 heteroatoms. The minimum absolute atomic E-state index is 0.437. The molecule has 15 heavy (non-hydrogen) atoms. The van der Waals surface area contributed by atoms with Gasteiger partial charge in [0.2, 0.25) is 0 Å². The highest BCUT2D eigenvalue weighted by atomic mass is 32.1. The highest BCUT2D eigenvalue weighted by molar-refractivity contribution is 7.79. The Morgan fingerprint density at radius 1 is 1.33 bits per heavy atom. The van der Waals surface area contributed by atoms with Crippen LogP contribution in [-0.2, 0) is 5.75 Å². The van der Waals surface area contributed by atoms with Crippen LogP contribution in [0.5, 0.6) is 0 Å². The van der Waals surface area contributed by atoms with Crippen molar-refractivity contribution >= 4 is 29.2 Å². The second kappa shape index (κ2) is 3.81. The molecule has 0 radical (unpaired) electrons. The van der Waals surface area contributed by atoms with Gasteiger partial charge in [-0.25, -0.2) is 0 Å². The lowest BCUT2D eigenvalue weighted by atomic mass is 10.2. The van der Waals surface area contributed by atoms with Crippen molar-refractivity contribution in [2.24, 2.45) is 0 Å². The average molecular weight is 220 g/mol. The highest BCUT2D eigenvalue weighted by Crippen LogP contribution is 2.26. The molecule has 2 rings (SSSR count). The zero-order chi connectivity index (χ0) is 11.0. The molecular formula is C12H16N2S. The minimum Gasteiger partial charge on any atom is -0.399 e. The van der Waals surface area contributed by atoms with E-state index < -0.39 is 0 Å². The summed E-state index contributed by atoms with van der Waals surface area (Å²) in [6, 6.07) is 8.65. The van der Waals surface area contributed by atoms with Crippen molar-refractivity contribution in [3.63, 3.8) is 0 Å². The van der Waals surface area contributed by atoms with E-state index in [2.05, 4.69) is 43.2 Å². The van der Waals surface area contributed by atoms with Gasteiger partial charge in [0, 0.05) is 28.6 Å². The number of aromatic nitrogens is 1. The summed E-state index contributed by atoms with van der Waals surface area (Å²) in [5, 5.41) is 1.24. The Morgan fingerprint density at radius 2 is 2.07 bits per heavy atom. The largest absolute Gasteiger partial charge is 0.399 e. The fourth-order valence-corrected chi connectivity index (χ4v) is 2.27. The normalized spacial score (nSPS) is 11.5. The third kappa shape index (κ3) is 1.72. The minimum atomic E-state index is 0.437. The third-order valence-corrected chi connectivity index (χ3v) is 2.95. The number of anilines is 1. The molecule has 0 spiro atoms. The number of hydrogen-bond donors (Lipinski definition) is 2.